The standard InChI is InChI=1S/C26H22/c1-26(2)17-16-19(18-10-4-3-5-11-18)25(26)24-22-14-8-6-12-20(22)21-13-7-9-15-23(21)24/h3-16H,17H2,1-2H3. The predicted octanol–water partition coefficient (Wildman–Crippen LogP) is 6.98. The highest BCUT2D eigenvalue weighted by Crippen LogP contribution is 2.55. The fourth-order valence-corrected chi connectivity index (χ4v) is 4.57. The summed E-state index contributed by atoms with van der Waals surface area (Å²) >= 11 is 0. The number of hydrogen-bond acceptors (Lipinski definition) is 0. The van der Waals surface area contributed by atoms with Crippen molar-refractivity contribution in [1.29, 1.82) is 0 Å². The van der Waals surface area contributed by atoms with Crippen molar-refractivity contribution >= 4 is 11.1 Å². The summed E-state index contributed by atoms with van der Waals surface area (Å²) in [7, 11) is 0. The molecule has 0 radical (unpaired) electrons. The predicted molar refractivity (Wildman–Crippen MR) is 111 cm³/mol. The Hall–Kier alpha value is -2.86. The molecule has 5 rings (SSSR count). The highest BCUT2D eigenvalue weighted by molar-refractivity contribution is 6.07. The van der Waals surface area contributed by atoms with Crippen LogP contribution in [0.3, 0.4) is 0 Å². The number of hydrogen-bond donors (Lipinski definition) is 0. The molecule has 0 spiro atoms. The van der Waals surface area contributed by atoms with E-state index in [2.05, 4.69) is 98.8 Å². The van der Waals surface area contributed by atoms with E-state index in [9.17, 15) is 0 Å². The van der Waals surface area contributed by atoms with Gasteiger partial charge in [-0.2, -0.15) is 0 Å². The van der Waals surface area contributed by atoms with E-state index in [1.807, 2.05) is 0 Å². The first-order valence-electron chi connectivity index (χ1n) is 9.37. The lowest BCUT2D eigenvalue weighted by molar-refractivity contribution is 0.486. The van der Waals surface area contributed by atoms with E-state index in [4.69, 9.17) is 0 Å². The molecule has 3 aromatic rings. The van der Waals surface area contributed by atoms with Crippen molar-refractivity contribution in [3.63, 3.8) is 0 Å². The molecule has 0 fully saturated rings. The zero-order chi connectivity index (χ0) is 17.7. The summed E-state index contributed by atoms with van der Waals surface area (Å²) in [6.45, 7) is 4.76. The van der Waals surface area contributed by atoms with Crippen molar-refractivity contribution in [2.75, 3.05) is 0 Å². The average Bonchev–Trinajstić information content (AvgIpc) is 3.16. The number of rotatable bonds is 1. The summed E-state index contributed by atoms with van der Waals surface area (Å²) in [6, 6.07) is 28.6. The van der Waals surface area contributed by atoms with Gasteiger partial charge in [-0.1, -0.05) is 98.8 Å². The summed E-state index contributed by atoms with van der Waals surface area (Å²) in [5.41, 5.74) is 11.2. The second kappa shape index (κ2) is 5.57. The molecule has 0 atom stereocenters. The molecule has 2 aliphatic rings. The first kappa shape index (κ1) is 15.4. The summed E-state index contributed by atoms with van der Waals surface area (Å²) in [5, 5.41) is 0. The zero-order valence-electron chi connectivity index (χ0n) is 15.3. The molecule has 0 aromatic heterocycles. The first-order valence-corrected chi connectivity index (χ1v) is 9.37. The molecule has 0 amide bonds. The Morgan fingerprint density at radius 3 is 1.69 bits per heavy atom. The molecule has 0 nitrogen and oxygen atoms in total. The van der Waals surface area contributed by atoms with Gasteiger partial charge in [-0.05, 0) is 56.4 Å². The minimum atomic E-state index is 0.130. The van der Waals surface area contributed by atoms with Crippen LogP contribution in [0.5, 0.6) is 0 Å². The van der Waals surface area contributed by atoms with Crippen LogP contribution in [-0.2, 0) is 0 Å². The van der Waals surface area contributed by atoms with Crippen LogP contribution in [0.2, 0.25) is 0 Å². The van der Waals surface area contributed by atoms with E-state index >= 15 is 0 Å². The molecule has 0 N–H and O–H groups in total. The van der Waals surface area contributed by atoms with Gasteiger partial charge in [-0.3, -0.25) is 0 Å². The van der Waals surface area contributed by atoms with E-state index in [0.717, 1.165) is 6.42 Å². The van der Waals surface area contributed by atoms with Gasteiger partial charge in [0.25, 0.3) is 0 Å². The van der Waals surface area contributed by atoms with Crippen molar-refractivity contribution in [2.24, 2.45) is 5.41 Å². The van der Waals surface area contributed by atoms with E-state index in [0.29, 0.717) is 0 Å². The van der Waals surface area contributed by atoms with Crippen LogP contribution < -0.4 is 0 Å². The molecule has 0 heteroatoms. The minimum absolute atomic E-state index is 0.130. The lowest BCUT2D eigenvalue weighted by Gasteiger charge is -2.26. The van der Waals surface area contributed by atoms with Crippen LogP contribution in [-0.4, -0.2) is 0 Å². The molecule has 0 saturated carbocycles. The maximum Gasteiger partial charge on any atom is -0.00552 e. The minimum Gasteiger partial charge on any atom is -0.0755 e. The highest BCUT2D eigenvalue weighted by atomic mass is 14.4. The highest BCUT2D eigenvalue weighted by Gasteiger charge is 2.37. The topological polar surface area (TPSA) is 0 Å². The fraction of sp³-hybridized carbons (Fsp3) is 0.154. The Kier molecular flexibility index (Phi) is 3.30. The Balaban J connectivity index is 1.86. The van der Waals surface area contributed by atoms with Crippen LogP contribution in [0, 0.1) is 5.41 Å². The summed E-state index contributed by atoms with van der Waals surface area (Å²) < 4.78 is 0. The van der Waals surface area contributed by atoms with Gasteiger partial charge in [0.1, 0.15) is 0 Å². The van der Waals surface area contributed by atoms with Crippen molar-refractivity contribution in [3.8, 4) is 11.1 Å². The van der Waals surface area contributed by atoms with Crippen molar-refractivity contribution < 1.29 is 0 Å². The van der Waals surface area contributed by atoms with E-state index < -0.39 is 0 Å². The van der Waals surface area contributed by atoms with Gasteiger partial charge in [-0.15, -0.1) is 0 Å². The second-order valence-corrected chi connectivity index (χ2v) is 7.91. The Morgan fingerprint density at radius 1 is 0.615 bits per heavy atom. The molecule has 3 aromatic carbocycles. The number of benzene rings is 3. The summed E-state index contributed by atoms with van der Waals surface area (Å²) in [5.74, 6) is 0. The van der Waals surface area contributed by atoms with Crippen molar-refractivity contribution in [1.82, 2.24) is 0 Å². The number of fused-ring (bicyclic) bond motifs is 3. The summed E-state index contributed by atoms with van der Waals surface area (Å²) in [6.07, 6.45) is 3.52. The Labute approximate surface area is 155 Å². The molecule has 0 bridgehead atoms. The lowest BCUT2D eigenvalue weighted by Crippen LogP contribution is -2.12. The SMILES string of the molecule is CC1(C)CC=C(c2ccccc2)C1=C1c2ccccc2-c2ccccc21. The lowest BCUT2D eigenvalue weighted by atomic mass is 9.77. The van der Waals surface area contributed by atoms with Crippen LogP contribution in [0.1, 0.15) is 37.0 Å². The molecular weight excluding hydrogens is 312 g/mol. The fourth-order valence-electron chi connectivity index (χ4n) is 4.57. The zero-order valence-corrected chi connectivity index (χ0v) is 15.3. The smallest absolute Gasteiger partial charge is 0.00552 e. The number of allylic oxidation sites excluding steroid dienone is 3. The second-order valence-electron chi connectivity index (χ2n) is 7.91. The largest absolute Gasteiger partial charge is 0.0755 e. The van der Waals surface area contributed by atoms with E-state index in [1.54, 1.807) is 0 Å². The monoisotopic (exact) mass is 334 g/mol. The Morgan fingerprint density at radius 2 is 1.12 bits per heavy atom. The molecule has 26 heavy (non-hydrogen) atoms. The third-order valence-electron chi connectivity index (χ3n) is 5.78. The molecular formula is C26H22. The van der Waals surface area contributed by atoms with Gasteiger partial charge in [0.2, 0.25) is 0 Å². The molecule has 2 aliphatic carbocycles. The third kappa shape index (κ3) is 2.15. The van der Waals surface area contributed by atoms with Gasteiger partial charge in [0.15, 0.2) is 0 Å². The molecule has 0 heterocycles. The van der Waals surface area contributed by atoms with Crippen molar-refractivity contribution in [3.05, 3.63) is 107 Å². The molecule has 126 valence electrons. The molecule has 0 unspecified atom stereocenters. The Bertz CT molecular complexity index is 1010. The van der Waals surface area contributed by atoms with Crippen molar-refractivity contribution in [2.45, 2.75) is 20.3 Å². The van der Waals surface area contributed by atoms with Gasteiger partial charge < -0.3 is 0 Å². The quantitative estimate of drug-likeness (QED) is 0.352. The normalized spacial score (nSPS) is 17.1. The van der Waals surface area contributed by atoms with Gasteiger partial charge in [0.05, 0.1) is 0 Å². The van der Waals surface area contributed by atoms with Gasteiger partial charge >= 0.3 is 0 Å². The summed E-state index contributed by atoms with van der Waals surface area (Å²) in [4.78, 5) is 0. The maximum atomic E-state index is 2.43. The third-order valence-corrected chi connectivity index (χ3v) is 5.78. The van der Waals surface area contributed by atoms with Gasteiger partial charge in [-0.25, -0.2) is 0 Å². The van der Waals surface area contributed by atoms with Crippen LogP contribution in [0.25, 0.3) is 22.3 Å². The van der Waals surface area contributed by atoms with E-state index in [-0.39, 0.29) is 5.41 Å². The van der Waals surface area contributed by atoms with Gasteiger partial charge in [0, 0.05) is 0 Å². The first-order chi connectivity index (χ1) is 12.7. The van der Waals surface area contributed by atoms with E-state index in [1.165, 1.54) is 44.5 Å². The van der Waals surface area contributed by atoms with Crippen LogP contribution >= 0.6 is 0 Å². The average molecular weight is 334 g/mol. The molecule has 0 saturated heterocycles. The maximum absolute atomic E-state index is 2.43. The van der Waals surface area contributed by atoms with Crippen LogP contribution in [0.15, 0.2) is 90.5 Å². The van der Waals surface area contributed by atoms with Crippen LogP contribution in [0.4, 0.5) is 0 Å². The molecule has 0 aliphatic heterocycles.